The lowest BCUT2D eigenvalue weighted by molar-refractivity contribution is 0.661. The minimum atomic E-state index is 0.426. The number of hydrogen-bond donors (Lipinski definition) is 2. The van der Waals surface area contributed by atoms with Gasteiger partial charge in [0.15, 0.2) is 0 Å². The number of halogens is 1. The van der Waals surface area contributed by atoms with E-state index >= 15 is 0 Å². The second-order valence-corrected chi connectivity index (χ2v) is 5.28. The molecule has 0 saturated heterocycles. The molecule has 3 aromatic rings. The highest BCUT2D eigenvalue weighted by Gasteiger charge is 2.03. The molecule has 23 heavy (non-hydrogen) atoms. The van der Waals surface area contributed by atoms with Gasteiger partial charge in [0, 0.05) is 55.2 Å². The molecule has 6 nitrogen and oxygen atoms in total. The van der Waals surface area contributed by atoms with Crippen molar-refractivity contribution in [3.63, 3.8) is 0 Å². The first-order valence-electron chi connectivity index (χ1n) is 7.09. The van der Waals surface area contributed by atoms with E-state index in [1.165, 1.54) is 6.21 Å². The lowest BCUT2D eigenvalue weighted by Gasteiger charge is -2.06. The smallest absolute Gasteiger partial charge is 0.129 e. The van der Waals surface area contributed by atoms with Gasteiger partial charge in [-0.25, -0.2) is 9.97 Å². The van der Waals surface area contributed by atoms with Gasteiger partial charge in [-0.15, -0.1) is 0 Å². The van der Waals surface area contributed by atoms with Gasteiger partial charge < -0.3 is 15.3 Å². The molecule has 2 N–H and O–H groups in total. The maximum atomic E-state index is 7.60. The lowest BCUT2D eigenvalue weighted by Crippen LogP contribution is -2.14. The Kier molecular flexibility index (Phi) is 4.63. The Morgan fingerprint density at radius 1 is 1.35 bits per heavy atom. The van der Waals surface area contributed by atoms with Crippen LogP contribution < -0.4 is 5.32 Å². The fraction of sp³-hybridized carbons (Fsp3) is 0.125. The van der Waals surface area contributed by atoms with Crippen molar-refractivity contribution >= 4 is 34.4 Å². The standard InChI is InChI=1S/C16H15ClN6/c17-16-2-1-14-15(22-16)7-12(10-21-14)13(8-18)9-19-3-5-23-6-4-20-11-23/h1-2,4,6-11,18-19H,3,5H2/b13-9+,18-8?. The Bertz CT molecular complexity index is 841. The van der Waals surface area contributed by atoms with Gasteiger partial charge in [-0.1, -0.05) is 11.6 Å². The van der Waals surface area contributed by atoms with Gasteiger partial charge in [-0.3, -0.25) is 4.98 Å². The summed E-state index contributed by atoms with van der Waals surface area (Å²) in [4.78, 5) is 12.6. The molecular weight excluding hydrogens is 312 g/mol. The summed E-state index contributed by atoms with van der Waals surface area (Å²) in [7, 11) is 0. The third kappa shape index (κ3) is 3.73. The molecule has 7 heteroatoms. The van der Waals surface area contributed by atoms with Gasteiger partial charge >= 0.3 is 0 Å². The molecule has 0 saturated carbocycles. The summed E-state index contributed by atoms with van der Waals surface area (Å²) in [6.45, 7) is 1.54. The highest BCUT2D eigenvalue weighted by Crippen LogP contribution is 2.18. The second-order valence-electron chi connectivity index (χ2n) is 4.89. The highest BCUT2D eigenvalue weighted by molar-refractivity contribution is 6.29. The largest absolute Gasteiger partial charge is 0.389 e. The number of imidazole rings is 1. The molecule has 0 aromatic carbocycles. The zero-order valence-corrected chi connectivity index (χ0v) is 13.0. The van der Waals surface area contributed by atoms with Crippen LogP contribution in [-0.4, -0.2) is 32.3 Å². The van der Waals surface area contributed by atoms with Crippen LogP contribution in [0.25, 0.3) is 16.6 Å². The van der Waals surface area contributed by atoms with Crippen LogP contribution in [0.3, 0.4) is 0 Å². The number of nitrogens with zero attached hydrogens (tertiary/aromatic N) is 4. The van der Waals surface area contributed by atoms with Crippen LogP contribution in [0.4, 0.5) is 0 Å². The van der Waals surface area contributed by atoms with Gasteiger partial charge in [0.05, 0.1) is 17.4 Å². The average molecular weight is 327 g/mol. The molecule has 0 unspecified atom stereocenters. The van der Waals surface area contributed by atoms with Crippen molar-refractivity contribution in [2.24, 2.45) is 0 Å². The Morgan fingerprint density at radius 2 is 2.26 bits per heavy atom. The van der Waals surface area contributed by atoms with Crippen molar-refractivity contribution in [2.75, 3.05) is 6.54 Å². The van der Waals surface area contributed by atoms with E-state index in [4.69, 9.17) is 17.0 Å². The van der Waals surface area contributed by atoms with Gasteiger partial charge in [0.2, 0.25) is 0 Å². The molecule has 3 aromatic heterocycles. The molecule has 0 bridgehead atoms. The SMILES string of the molecule is N=C/C(=C\NCCn1ccnc1)c1cnc2ccc(Cl)nc2c1. The zero-order chi connectivity index (χ0) is 16.1. The molecule has 3 rings (SSSR count). The van der Waals surface area contributed by atoms with E-state index in [0.717, 1.165) is 29.7 Å². The summed E-state index contributed by atoms with van der Waals surface area (Å²) in [5.74, 6) is 0. The van der Waals surface area contributed by atoms with Gasteiger partial charge in [0.25, 0.3) is 0 Å². The van der Waals surface area contributed by atoms with Gasteiger partial charge in [-0.2, -0.15) is 0 Å². The number of rotatable bonds is 6. The van der Waals surface area contributed by atoms with Crippen molar-refractivity contribution in [2.45, 2.75) is 6.54 Å². The Balaban J connectivity index is 1.74. The quantitative estimate of drug-likeness (QED) is 0.415. The molecule has 0 aliphatic rings. The second kappa shape index (κ2) is 7.02. The van der Waals surface area contributed by atoms with E-state index in [0.29, 0.717) is 10.7 Å². The number of aromatic nitrogens is 4. The number of nitrogens with one attached hydrogen (secondary N) is 2. The Hall–Kier alpha value is -2.73. The first kappa shape index (κ1) is 15.2. The molecule has 0 amide bonds. The molecule has 0 radical (unpaired) electrons. The molecule has 0 fully saturated rings. The van der Waals surface area contributed by atoms with E-state index in [9.17, 15) is 0 Å². The molecular formula is C16H15ClN6. The van der Waals surface area contributed by atoms with Crippen LogP contribution in [0.1, 0.15) is 5.56 Å². The predicted octanol–water partition coefficient (Wildman–Crippen LogP) is 2.76. The van der Waals surface area contributed by atoms with E-state index < -0.39 is 0 Å². The summed E-state index contributed by atoms with van der Waals surface area (Å²) >= 11 is 5.92. The van der Waals surface area contributed by atoms with Crippen LogP contribution in [0, 0.1) is 5.41 Å². The molecule has 116 valence electrons. The average Bonchev–Trinajstić information content (AvgIpc) is 3.07. The van der Waals surface area contributed by atoms with Crippen LogP contribution in [0.15, 0.2) is 49.3 Å². The first-order valence-corrected chi connectivity index (χ1v) is 7.46. The number of pyridine rings is 2. The third-order valence-electron chi connectivity index (χ3n) is 3.32. The molecule has 0 atom stereocenters. The lowest BCUT2D eigenvalue weighted by atomic mass is 10.1. The Labute approximate surface area is 138 Å². The summed E-state index contributed by atoms with van der Waals surface area (Å²) in [6, 6.07) is 5.41. The maximum absolute atomic E-state index is 7.60. The van der Waals surface area contributed by atoms with E-state index in [1.807, 2.05) is 22.9 Å². The van der Waals surface area contributed by atoms with Crippen LogP contribution in [0.5, 0.6) is 0 Å². The summed E-state index contributed by atoms with van der Waals surface area (Å²) in [5.41, 5.74) is 3.03. The van der Waals surface area contributed by atoms with Crippen molar-refractivity contribution < 1.29 is 0 Å². The zero-order valence-electron chi connectivity index (χ0n) is 12.3. The minimum Gasteiger partial charge on any atom is -0.389 e. The van der Waals surface area contributed by atoms with Gasteiger partial charge in [0.1, 0.15) is 5.15 Å². The highest BCUT2D eigenvalue weighted by atomic mass is 35.5. The van der Waals surface area contributed by atoms with E-state index in [1.54, 1.807) is 31.0 Å². The fourth-order valence-electron chi connectivity index (χ4n) is 2.14. The molecule has 0 aliphatic carbocycles. The van der Waals surface area contributed by atoms with E-state index in [2.05, 4.69) is 20.3 Å². The Morgan fingerprint density at radius 3 is 3.04 bits per heavy atom. The minimum absolute atomic E-state index is 0.426. The summed E-state index contributed by atoms with van der Waals surface area (Å²) in [5, 5.41) is 11.2. The first-order chi connectivity index (χ1) is 11.3. The number of allylic oxidation sites excluding steroid dienone is 1. The number of fused-ring (bicyclic) bond motifs is 1. The van der Waals surface area contributed by atoms with Crippen molar-refractivity contribution in [1.82, 2.24) is 24.8 Å². The maximum Gasteiger partial charge on any atom is 0.129 e. The van der Waals surface area contributed by atoms with Crippen molar-refractivity contribution in [3.8, 4) is 0 Å². The fourth-order valence-corrected chi connectivity index (χ4v) is 2.30. The van der Waals surface area contributed by atoms with Crippen molar-refractivity contribution in [1.29, 1.82) is 5.41 Å². The van der Waals surface area contributed by atoms with E-state index in [-0.39, 0.29) is 0 Å². The van der Waals surface area contributed by atoms with Crippen molar-refractivity contribution in [3.05, 3.63) is 60.0 Å². The topological polar surface area (TPSA) is 79.5 Å². The van der Waals surface area contributed by atoms with Crippen LogP contribution in [0.2, 0.25) is 5.15 Å². The summed E-state index contributed by atoms with van der Waals surface area (Å²) < 4.78 is 1.98. The normalized spacial score (nSPS) is 11.6. The monoisotopic (exact) mass is 326 g/mol. The molecule has 3 heterocycles. The number of hydrogen-bond acceptors (Lipinski definition) is 5. The molecule has 0 aliphatic heterocycles. The van der Waals surface area contributed by atoms with Crippen LogP contribution >= 0.6 is 11.6 Å². The summed E-state index contributed by atoms with van der Waals surface area (Å²) in [6.07, 6.45) is 10.2. The predicted molar refractivity (Wildman–Crippen MR) is 91.5 cm³/mol. The van der Waals surface area contributed by atoms with Gasteiger partial charge in [-0.05, 0) is 18.2 Å². The van der Waals surface area contributed by atoms with Crippen LogP contribution in [-0.2, 0) is 6.54 Å². The molecule has 0 spiro atoms. The third-order valence-corrected chi connectivity index (χ3v) is 3.53.